The van der Waals surface area contributed by atoms with Crippen molar-refractivity contribution in [2.45, 2.75) is 39.2 Å². The molecule has 0 aliphatic carbocycles. The number of esters is 1. The van der Waals surface area contributed by atoms with Crippen molar-refractivity contribution in [2.24, 2.45) is 5.41 Å². The van der Waals surface area contributed by atoms with Gasteiger partial charge in [-0.3, -0.25) is 13.9 Å². The van der Waals surface area contributed by atoms with Gasteiger partial charge in [-0.25, -0.2) is 9.97 Å². The van der Waals surface area contributed by atoms with Crippen LogP contribution < -0.4 is 0 Å². The van der Waals surface area contributed by atoms with Gasteiger partial charge in [-0.05, 0) is 25.4 Å². The summed E-state index contributed by atoms with van der Waals surface area (Å²) in [6.07, 6.45) is -0.510. The molecule has 2 aromatic heterocycles. The van der Waals surface area contributed by atoms with Crippen molar-refractivity contribution < 1.29 is 18.8 Å². The van der Waals surface area contributed by atoms with Crippen LogP contribution in [0.5, 0.6) is 0 Å². The van der Waals surface area contributed by atoms with Crippen molar-refractivity contribution in [2.75, 3.05) is 6.16 Å². The second-order valence-corrected chi connectivity index (χ2v) is 7.44. The predicted octanol–water partition coefficient (Wildman–Crippen LogP) is 3.28. The lowest BCUT2D eigenvalue weighted by molar-refractivity contribution is -0.154. The van der Waals surface area contributed by atoms with Crippen LogP contribution in [0.25, 0.3) is 11.2 Å². The molecule has 2 aromatic rings. The van der Waals surface area contributed by atoms with Gasteiger partial charge in [0, 0.05) is 6.92 Å². The number of carbonyl (C=O) groups is 1. The molecule has 0 radical (unpaired) electrons. The van der Waals surface area contributed by atoms with E-state index in [0.717, 1.165) is 0 Å². The Kier molecular flexibility index (Phi) is 5.68. The lowest BCUT2D eigenvalue weighted by atomic mass is 9.81. The number of fused-ring (bicyclic) bond motifs is 1. The lowest BCUT2D eigenvalue weighted by Crippen LogP contribution is -2.40. The molecular formula is C16H15Cl2N4O4P. The molecule has 0 aromatic carbocycles. The zero-order valence-electron chi connectivity index (χ0n) is 14.6. The molecule has 4 atom stereocenters. The average Bonchev–Trinajstić information content (AvgIpc) is 3.10. The first-order valence-corrected chi connectivity index (χ1v) is 9.68. The zero-order chi connectivity index (χ0) is 19.8. The molecule has 0 N–H and O–H groups in total. The van der Waals surface area contributed by atoms with Gasteiger partial charge in [0.1, 0.15) is 5.52 Å². The number of imidazole rings is 1. The minimum Gasteiger partial charge on any atom is -0.456 e. The summed E-state index contributed by atoms with van der Waals surface area (Å²) in [5, 5.41) is 0.0403. The number of nitrogens with zero attached hydrogens (tertiary/aromatic N) is 4. The van der Waals surface area contributed by atoms with Gasteiger partial charge in [-0.2, -0.15) is 4.98 Å². The van der Waals surface area contributed by atoms with E-state index < -0.39 is 29.8 Å². The molecule has 0 unspecified atom stereocenters. The van der Waals surface area contributed by atoms with E-state index in [1.165, 1.54) is 13.3 Å². The van der Waals surface area contributed by atoms with E-state index in [1.54, 1.807) is 18.4 Å². The fourth-order valence-corrected chi connectivity index (χ4v) is 4.22. The van der Waals surface area contributed by atoms with E-state index in [9.17, 15) is 9.36 Å². The molecule has 142 valence electrons. The maximum atomic E-state index is 11.8. The van der Waals surface area contributed by atoms with Crippen molar-refractivity contribution in [1.29, 1.82) is 0 Å². The first-order chi connectivity index (χ1) is 12.8. The predicted molar refractivity (Wildman–Crippen MR) is 98.8 cm³/mol. The molecule has 1 fully saturated rings. The van der Waals surface area contributed by atoms with E-state index in [1.807, 2.05) is 0 Å². The van der Waals surface area contributed by atoms with Crippen LogP contribution in [0.3, 0.4) is 0 Å². The highest BCUT2D eigenvalue weighted by Crippen LogP contribution is 2.47. The minimum absolute atomic E-state index is 0.0537. The van der Waals surface area contributed by atoms with Gasteiger partial charge in [-0.15, -0.1) is 5.92 Å². The number of rotatable bonds is 4. The fraction of sp³-hybridized carbons (Fsp3) is 0.500. The summed E-state index contributed by atoms with van der Waals surface area (Å²) in [7, 11) is -0.108. The van der Waals surface area contributed by atoms with E-state index in [0.29, 0.717) is 11.2 Å². The second kappa shape index (κ2) is 7.69. The van der Waals surface area contributed by atoms with Crippen molar-refractivity contribution in [1.82, 2.24) is 19.5 Å². The summed E-state index contributed by atoms with van der Waals surface area (Å²) in [5.74, 6) is 5.41. The van der Waals surface area contributed by atoms with Crippen LogP contribution >= 0.6 is 31.7 Å². The Morgan fingerprint density at radius 1 is 1.48 bits per heavy atom. The highest BCUT2D eigenvalue weighted by atomic mass is 35.5. The van der Waals surface area contributed by atoms with E-state index >= 15 is 0 Å². The van der Waals surface area contributed by atoms with Gasteiger partial charge < -0.3 is 9.47 Å². The van der Waals surface area contributed by atoms with Crippen molar-refractivity contribution in [3.63, 3.8) is 0 Å². The maximum Gasteiger partial charge on any atom is 0.303 e. The Bertz CT molecular complexity index is 972. The Balaban J connectivity index is 2.16. The number of carbonyl (C=O) groups excluding carboxylic acids is 1. The normalized spacial score (nSPS) is 27.5. The smallest absolute Gasteiger partial charge is 0.303 e. The SMILES string of the molecule is CC#C[C@@]1(C)[C@@H](CP=O)O[C@@H](n2cnc3c(Cl)nc(Cl)nc32)[C@@H]1OC(C)=O. The van der Waals surface area contributed by atoms with Crippen molar-refractivity contribution in [3.8, 4) is 11.8 Å². The molecule has 3 heterocycles. The highest BCUT2D eigenvalue weighted by Gasteiger charge is 2.56. The van der Waals surface area contributed by atoms with Gasteiger partial charge in [0.25, 0.3) is 0 Å². The number of ether oxygens (including phenoxy) is 2. The average molecular weight is 429 g/mol. The summed E-state index contributed by atoms with van der Waals surface area (Å²) in [4.78, 5) is 24.0. The summed E-state index contributed by atoms with van der Waals surface area (Å²) in [6.45, 7) is 4.79. The monoisotopic (exact) mass is 428 g/mol. The molecule has 1 aliphatic heterocycles. The third kappa shape index (κ3) is 3.53. The third-order valence-electron chi connectivity index (χ3n) is 4.38. The summed E-state index contributed by atoms with van der Waals surface area (Å²) in [5.41, 5.74) is -0.228. The van der Waals surface area contributed by atoms with Crippen LogP contribution in [0.4, 0.5) is 0 Å². The number of aromatic nitrogens is 4. The largest absolute Gasteiger partial charge is 0.456 e. The van der Waals surface area contributed by atoms with E-state index in [4.69, 9.17) is 32.7 Å². The zero-order valence-corrected chi connectivity index (χ0v) is 17.0. The quantitative estimate of drug-likeness (QED) is 0.242. The summed E-state index contributed by atoms with van der Waals surface area (Å²) >= 11 is 12.0. The van der Waals surface area contributed by atoms with E-state index in [2.05, 4.69) is 26.8 Å². The molecule has 1 aliphatic rings. The number of hydrogen-bond donors (Lipinski definition) is 0. The molecule has 8 nitrogen and oxygen atoms in total. The van der Waals surface area contributed by atoms with E-state index in [-0.39, 0.29) is 25.1 Å². The molecule has 0 spiro atoms. The molecule has 0 saturated carbocycles. The molecule has 0 bridgehead atoms. The summed E-state index contributed by atoms with van der Waals surface area (Å²) < 4.78 is 24.5. The Hall–Kier alpha value is -1.78. The van der Waals surface area contributed by atoms with Gasteiger partial charge in [-0.1, -0.05) is 17.5 Å². The van der Waals surface area contributed by atoms with Crippen LogP contribution in [-0.2, 0) is 18.8 Å². The number of hydrogen-bond acceptors (Lipinski definition) is 7. The first kappa shape index (κ1) is 20.0. The van der Waals surface area contributed by atoms with Crippen LogP contribution in [0, 0.1) is 17.3 Å². The molecule has 0 amide bonds. The Labute approximate surface area is 166 Å². The molecule has 1 saturated heterocycles. The fourth-order valence-electron chi connectivity index (χ4n) is 3.20. The topological polar surface area (TPSA) is 96.2 Å². The highest BCUT2D eigenvalue weighted by molar-refractivity contribution is 7.23. The molecular weight excluding hydrogens is 414 g/mol. The Morgan fingerprint density at radius 3 is 2.85 bits per heavy atom. The Morgan fingerprint density at radius 2 is 2.22 bits per heavy atom. The third-order valence-corrected chi connectivity index (χ3v) is 5.29. The lowest BCUT2D eigenvalue weighted by Gasteiger charge is -2.29. The summed E-state index contributed by atoms with van der Waals surface area (Å²) in [6, 6.07) is 0. The standard InChI is InChI=1S/C16H15Cl2N4O4P/c1-4-5-16(3)9(6-27-24)26-14(11(16)25-8(2)23)22-7-19-10-12(17)20-15(18)21-13(10)22/h7,9,11,14H,6H2,1-3H3/t9-,11+,14-,16+/m1/s1. The van der Waals surface area contributed by atoms with Crippen LogP contribution in [0.1, 0.15) is 27.0 Å². The molecule has 3 rings (SSSR count). The first-order valence-electron chi connectivity index (χ1n) is 7.93. The van der Waals surface area contributed by atoms with Gasteiger partial charge in [0.05, 0.1) is 24.0 Å². The van der Waals surface area contributed by atoms with Gasteiger partial charge >= 0.3 is 5.97 Å². The second-order valence-electron chi connectivity index (χ2n) is 6.12. The van der Waals surface area contributed by atoms with Crippen molar-refractivity contribution in [3.05, 3.63) is 16.8 Å². The van der Waals surface area contributed by atoms with Crippen LogP contribution in [0.2, 0.25) is 10.4 Å². The molecule has 27 heavy (non-hydrogen) atoms. The van der Waals surface area contributed by atoms with Gasteiger partial charge in [0.2, 0.25) is 5.28 Å². The maximum absolute atomic E-state index is 11.8. The van der Waals surface area contributed by atoms with Crippen LogP contribution in [0.15, 0.2) is 6.33 Å². The minimum atomic E-state index is -0.889. The molecule has 11 heteroatoms. The van der Waals surface area contributed by atoms with Gasteiger partial charge in [0.15, 0.2) is 31.6 Å². The van der Waals surface area contributed by atoms with Crippen molar-refractivity contribution >= 4 is 48.8 Å². The number of halogens is 2. The van der Waals surface area contributed by atoms with Crippen LogP contribution in [-0.4, -0.2) is 43.9 Å².